The van der Waals surface area contributed by atoms with Crippen molar-refractivity contribution in [1.82, 2.24) is 5.32 Å². The number of para-hydroxylation sites is 1. The van der Waals surface area contributed by atoms with E-state index in [2.05, 4.69) is 5.32 Å². The summed E-state index contributed by atoms with van der Waals surface area (Å²) >= 11 is 0.758. The van der Waals surface area contributed by atoms with Crippen LogP contribution in [-0.2, 0) is 42.5 Å². The van der Waals surface area contributed by atoms with Crippen molar-refractivity contribution in [3.63, 3.8) is 0 Å². The Morgan fingerprint density at radius 1 is 0.760 bits per heavy atom. The first-order valence-corrected chi connectivity index (χ1v) is 16.8. The summed E-state index contributed by atoms with van der Waals surface area (Å²) in [5.41, 5.74) is -3.49. The first kappa shape index (κ1) is 36.0. The molecule has 4 aromatic carbocycles. The Morgan fingerprint density at radius 2 is 1.34 bits per heavy atom. The molecule has 260 valence electrons. The topological polar surface area (TPSA) is 120 Å². The van der Waals surface area contributed by atoms with Crippen LogP contribution in [0.15, 0.2) is 108 Å². The number of anilines is 1. The fourth-order valence-corrected chi connectivity index (χ4v) is 6.75. The number of carbonyl (C=O) groups is 4. The largest absolute Gasteiger partial charge is 0.497 e. The maximum atomic E-state index is 15.2. The lowest BCUT2D eigenvalue weighted by Gasteiger charge is -2.42. The SMILES string of the molecule is COc1ccc(COC(=O)C(C)(C(=O)Sc2ccc(OC)cc2)C2(NC(=O)OC(C)(C)C)C(=O)N(Cc3ccccc3)c3ccccc32)cc1. The Morgan fingerprint density at radius 3 is 1.94 bits per heavy atom. The van der Waals surface area contributed by atoms with Crippen LogP contribution in [0.2, 0.25) is 0 Å². The summed E-state index contributed by atoms with van der Waals surface area (Å²) in [6.07, 6.45) is -0.987. The summed E-state index contributed by atoms with van der Waals surface area (Å²) < 4.78 is 22.1. The lowest BCUT2D eigenvalue weighted by atomic mass is 9.67. The van der Waals surface area contributed by atoms with Gasteiger partial charge in [-0.3, -0.25) is 14.4 Å². The quantitative estimate of drug-likeness (QED) is 0.100. The van der Waals surface area contributed by atoms with Crippen LogP contribution < -0.4 is 19.7 Å². The number of benzene rings is 4. The number of carbonyl (C=O) groups excluding carboxylic acids is 4. The van der Waals surface area contributed by atoms with Crippen molar-refractivity contribution in [2.24, 2.45) is 5.41 Å². The second-order valence-electron chi connectivity index (χ2n) is 12.9. The maximum Gasteiger partial charge on any atom is 0.408 e. The number of ether oxygens (including phenoxy) is 4. The minimum Gasteiger partial charge on any atom is -0.497 e. The Hall–Kier alpha value is -5.29. The van der Waals surface area contributed by atoms with Gasteiger partial charge in [-0.15, -0.1) is 0 Å². The molecule has 2 unspecified atom stereocenters. The number of esters is 1. The van der Waals surface area contributed by atoms with Gasteiger partial charge in [0.2, 0.25) is 5.12 Å². The molecule has 0 aliphatic carbocycles. The van der Waals surface area contributed by atoms with Crippen LogP contribution in [0, 0.1) is 5.41 Å². The molecule has 1 aliphatic rings. The highest BCUT2D eigenvalue weighted by Gasteiger charge is 2.70. The Bertz CT molecular complexity index is 1860. The zero-order valence-electron chi connectivity index (χ0n) is 28.9. The molecule has 11 heteroatoms. The van der Waals surface area contributed by atoms with E-state index in [4.69, 9.17) is 18.9 Å². The summed E-state index contributed by atoms with van der Waals surface area (Å²) in [4.78, 5) is 60.5. The van der Waals surface area contributed by atoms with Crippen LogP contribution >= 0.6 is 11.8 Å². The van der Waals surface area contributed by atoms with Crippen molar-refractivity contribution in [2.45, 2.75) is 56.9 Å². The smallest absolute Gasteiger partial charge is 0.408 e. The van der Waals surface area contributed by atoms with E-state index in [0.29, 0.717) is 27.6 Å². The summed E-state index contributed by atoms with van der Waals surface area (Å²) in [5.74, 6) is -0.521. The Balaban J connectivity index is 1.68. The summed E-state index contributed by atoms with van der Waals surface area (Å²) in [6, 6.07) is 29.7. The van der Waals surface area contributed by atoms with Gasteiger partial charge in [0.15, 0.2) is 11.0 Å². The van der Waals surface area contributed by atoms with Gasteiger partial charge >= 0.3 is 12.1 Å². The molecule has 0 bridgehead atoms. The van der Waals surface area contributed by atoms with Gasteiger partial charge in [0, 0.05) is 10.5 Å². The van der Waals surface area contributed by atoms with Crippen LogP contribution in [0.4, 0.5) is 10.5 Å². The van der Waals surface area contributed by atoms with Crippen molar-refractivity contribution >= 4 is 40.5 Å². The predicted molar refractivity (Wildman–Crippen MR) is 190 cm³/mol. The van der Waals surface area contributed by atoms with Gasteiger partial charge in [-0.1, -0.05) is 72.4 Å². The minimum atomic E-state index is -2.33. The van der Waals surface area contributed by atoms with E-state index in [1.807, 2.05) is 30.3 Å². The maximum absolute atomic E-state index is 15.2. The van der Waals surface area contributed by atoms with Crippen molar-refractivity contribution in [1.29, 1.82) is 0 Å². The van der Waals surface area contributed by atoms with Crippen LogP contribution in [0.25, 0.3) is 0 Å². The molecule has 0 fully saturated rings. The van der Waals surface area contributed by atoms with Gasteiger partial charge in [-0.2, -0.15) is 0 Å². The predicted octanol–water partition coefficient (Wildman–Crippen LogP) is 7.04. The normalized spacial score (nSPS) is 16.5. The summed E-state index contributed by atoms with van der Waals surface area (Å²) in [6.45, 7) is 6.27. The molecule has 0 saturated carbocycles. The number of hydrogen-bond acceptors (Lipinski definition) is 9. The monoisotopic (exact) mass is 696 g/mol. The highest BCUT2D eigenvalue weighted by molar-refractivity contribution is 8.13. The van der Waals surface area contributed by atoms with E-state index in [9.17, 15) is 14.4 Å². The number of hydrogen-bond donors (Lipinski definition) is 1. The number of fused-ring (bicyclic) bond motifs is 1. The average Bonchev–Trinajstić information content (AvgIpc) is 3.33. The highest BCUT2D eigenvalue weighted by atomic mass is 32.2. The molecule has 2 atom stereocenters. The van der Waals surface area contributed by atoms with E-state index < -0.39 is 39.6 Å². The molecule has 10 nitrogen and oxygen atoms in total. The highest BCUT2D eigenvalue weighted by Crippen LogP contribution is 2.54. The first-order valence-electron chi connectivity index (χ1n) is 16.0. The lowest BCUT2D eigenvalue weighted by molar-refractivity contribution is -0.167. The zero-order chi connectivity index (χ0) is 36.1. The van der Waals surface area contributed by atoms with E-state index in [1.54, 1.807) is 101 Å². The van der Waals surface area contributed by atoms with Crippen molar-refractivity contribution in [3.05, 3.63) is 120 Å². The van der Waals surface area contributed by atoms with Gasteiger partial charge in [-0.25, -0.2) is 4.79 Å². The third-order valence-electron chi connectivity index (χ3n) is 8.40. The molecule has 0 radical (unpaired) electrons. The number of nitrogens with zero attached hydrogens (tertiary/aromatic N) is 1. The number of nitrogens with one attached hydrogen (secondary N) is 1. The van der Waals surface area contributed by atoms with Crippen LogP contribution in [0.1, 0.15) is 44.4 Å². The van der Waals surface area contributed by atoms with Gasteiger partial charge < -0.3 is 29.2 Å². The van der Waals surface area contributed by atoms with E-state index in [1.165, 1.54) is 18.9 Å². The number of thioether (sulfide) groups is 1. The second kappa shape index (κ2) is 14.7. The van der Waals surface area contributed by atoms with Crippen molar-refractivity contribution in [3.8, 4) is 11.5 Å². The minimum absolute atomic E-state index is 0.102. The first-order chi connectivity index (χ1) is 23.8. The number of alkyl carbamates (subject to hydrolysis) is 1. The molecule has 0 saturated heterocycles. The standard InChI is InChI=1S/C39H40N2O8S/c1-37(2,3)49-36(45)40-39(31-14-10-11-15-32(31)41(33(39)42)24-26-12-8-7-9-13-26)38(4,35(44)50-30-22-20-29(47-6)21-23-30)34(43)48-25-27-16-18-28(46-5)19-17-27/h7-23H,24-25H2,1-6H3,(H,40,45). The van der Waals surface area contributed by atoms with Gasteiger partial charge in [-0.05, 0) is 81.3 Å². The van der Waals surface area contributed by atoms with Crippen LogP contribution in [-0.4, -0.2) is 42.9 Å². The molecule has 1 N–H and O–H groups in total. The summed E-state index contributed by atoms with van der Waals surface area (Å²) in [7, 11) is 3.07. The number of methoxy groups -OCH3 is 2. The zero-order valence-corrected chi connectivity index (χ0v) is 29.7. The third-order valence-corrected chi connectivity index (χ3v) is 9.50. The molecule has 50 heavy (non-hydrogen) atoms. The lowest BCUT2D eigenvalue weighted by Crippen LogP contribution is -2.67. The third kappa shape index (κ3) is 7.18. The number of rotatable bonds is 11. The van der Waals surface area contributed by atoms with Gasteiger partial charge in [0.25, 0.3) is 5.91 Å². The van der Waals surface area contributed by atoms with Crippen LogP contribution in [0.5, 0.6) is 11.5 Å². The molecule has 0 aromatic heterocycles. The average molecular weight is 697 g/mol. The van der Waals surface area contributed by atoms with E-state index in [0.717, 1.165) is 17.3 Å². The molecule has 1 aliphatic heterocycles. The molecule has 2 amide bonds. The molecule has 1 heterocycles. The van der Waals surface area contributed by atoms with Gasteiger partial charge in [0.1, 0.15) is 23.7 Å². The molecule has 0 spiro atoms. The van der Waals surface area contributed by atoms with Crippen molar-refractivity contribution in [2.75, 3.05) is 19.1 Å². The Labute approximate surface area is 296 Å². The van der Waals surface area contributed by atoms with Gasteiger partial charge in [0.05, 0.1) is 26.5 Å². The van der Waals surface area contributed by atoms with Crippen molar-refractivity contribution < 1.29 is 38.1 Å². The Kier molecular flexibility index (Phi) is 10.6. The fourth-order valence-electron chi connectivity index (χ4n) is 5.82. The summed E-state index contributed by atoms with van der Waals surface area (Å²) in [5, 5.41) is 2.03. The molecular formula is C39H40N2O8S. The fraction of sp³-hybridized carbons (Fsp3) is 0.282. The second-order valence-corrected chi connectivity index (χ2v) is 13.9. The van der Waals surface area contributed by atoms with Crippen LogP contribution in [0.3, 0.4) is 0 Å². The molecule has 4 aromatic rings. The van der Waals surface area contributed by atoms with E-state index in [-0.39, 0.29) is 18.7 Å². The van der Waals surface area contributed by atoms with E-state index >= 15 is 4.79 Å². The number of amides is 2. The molecule has 5 rings (SSSR count). The molecular weight excluding hydrogens is 657 g/mol.